The molecule has 0 aromatic carbocycles. The average Bonchev–Trinajstić information content (AvgIpc) is 3.19. The number of hydrogen-bond acceptors (Lipinski definition) is 3. The molecule has 0 spiro atoms. The molecule has 0 bridgehead atoms. The van der Waals surface area contributed by atoms with Gasteiger partial charge in [-0.25, -0.2) is 0 Å². The van der Waals surface area contributed by atoms with Gasteiger partial charge < -0.3 is 5.32 Å². The first-order valence-corrected chi connectivity index (χ1v) is 9.84. The summed E-state index contributed by atoms with van der Waals surface area (Å²) in [5.74, 6) is 0.762. The Balaban J connectivity index is 1.64. The number of nitrogens with one attached hydrogen (secondary N) is 1. The van der Waals surface area contributed by atoms with Gasteiger partial charge in [-0.2, -0.15) is 5.10 Å². The summed E-state index contributed by atoms with van der Waals surface area (Å²) in [5, 5.41) is 9.87. The van der Waals surface area contributed by atoms with Crippen molar-refractivity contribution in [3.8, 4) is 0 Å². The first-order chi connectivity index (χ1) is 11.6. The van der Waals surface area contributed by atoms with Crippen LogP contribution in [0.25, 0.3) is 0 Å². The summed E-state index contributed by atoms with van der Waals surface area (Å²) in [5.41, 5.74) is 2.15. The maximum Gasteiger partial charge on any atom is 0.220 e. The van der Waals surface area contributed by atoms with Crippen molar-refractivity contribution in [2.45, 2.75) is 58.4 Å². The number of aryl methyl sites for hydroxylation is 2. The molecule has 2 heterocycles. The van der Waals surface area contributed by atoms with Crippen LogP contribution >= 0.6 is 11.3 Å². The highest BCUT2D eigenvalue weighted by Gasteiger charge is 2.21. The lowest BCUT2D eigenvalue weighted by Gasteiger charge is -2.22. The number of hydrogen-bond donors (Lipinski definition) is 1. The molecule has 1 unspecified atom stereocenters. The molecule has 1 fully saturated rings. The Labute approximate surface area is 148 Å². The van der Waals surface area contributed by atoms with Crippen LogP contribution < -0.4 is 5.32 Å². The number of aromatic nitrogens is 2. The number of carbonyl (C=O) groups excluding carboxylic acids is 1. The van der Waals surface area contributed by atoms with Gasteiger partial charge in [0.15, 0.2) is 0 Å². The molecule has 1 aliphatic rings. The van der Waals surface area contributed by atoms with Crippen molar-refractivity contribution in [2.24, 2.45) is 5.92 Å². The van der Waals surface area contributed by atoms with Crippen molar-refractivity contribution in [2.75, 3.05) is 6.54 Å². The molecule has 2 aromatic rings. The predicted molar refractivity (Wildman–Crippen MR) is 98.4 cm³/mol. The molecule has 1 amide bonds. The molecule has 1 N–H and O–H groups in total. The summed E-state index contributed by atoms with van der Waals surface area (Å²) in [4.78, 5) is 13.6. The molecule has 4 nitrogen and oxygen atoms in total. The molecule has 0 radical (unpaired) electrons. The molecule has 3 rings (SSSR count). The molecule has 5 heteroatoms. The van der Waals surface area contributed by atoms with Gasteiger partial charge in [0.2, 0.25) is 5.91 Å². The minimum absolute atomic E-state index is 0.0778. The van der Waals surface area contributed by atoms with Crippen LogP contribution in [0.4, 0.5) is 0 Å². The second-order valence-corrected chi connectivity index (χ2v) is 7.89. The van der Waals surface area contributed by atoms with Crippen molar-refractivity contribution >= 4 is 17.2 Å². The fourth-order valence-corrected chi connectivity index (χ4v) is 4.50. The van der Waals surface area contributed by atoms with Gasteiger partial charge in [0.25, 0.3) is 0 Å². The molecule has 130 valence electrons. The third-order valence-electron chi connectivity index (χ3n) is 4.90. The van der Waals surface area contributed by atoms with Crippen LogP contribution in [0.3, 0.4) is 0 Å². The summed E-state index contributed by atoms with van der Waals surface area (Å²) in [6.07, 6.45) is 6.98. The zero-order valence-electron chi connectivity index (χ0n) is 14.6. The SMILES string of the molecule is Cc1cc(C)n(C(CNC(=O)CC2CCCCC2)c2cccs2)n1. The molecule has 0 aliphatic heterocycles. The van der Waals surface area contributed by atoms with E-state index < -0.39 is 0 Å². The summed E-state index contributed by atoms with van der Waals surface area (Å²) >= 11 is 1.72. The Morgan fingerprint density at radius 1 is 1.38 bits per heavy atom. The topological polar surface area (TPSA) is 46.9 Å². The van der Waals surface area contributed by atoms with E-state index in [9.17, 15) is 4.79 Å². The van der Waals surface area contributed by atoms with Gasteiger partial charge in [-0.05, 0) is 50.1 Å². The fourth-order valence-electron chi connectivity index (χ4n) is 3.69. The monoisotopic (exact) mass is 345 g/mol. The second-order valence-electron chi connectivity index (χ2n) is 6.92. The number of nitrogens with zero attached hydrogens (tertiary/aromatic N) is 2. The maximum atomic E-state index is 12.4. The Morgan fingerprint density at radius 3 is 2.79 bits per heavy atom. The largest absolute Gasteiger partial charge is 0.354 e. The fraction of sp³-hybridized carbons (Fsp3) is 0.579. The van der Waals surface area contributed by atoms with Crippen LogP contribution in [0, 0.1) is 19.8 Å². The number of rotatable bonds is 6. The van der Waals surface area contributed by atoms with E-state index >= 15 is 0 Å². The van der Waals surface area contributed by atoms with Crippen molar-refractivity contribution in [1.82, 2.24) is 15.1 Å². The Bertz CT molecular complexity index is 656. The standard InChI is InChI=1S/C19H27N3OS/c1-14-11-15(2)22(21-14)17(18-9-6-10-24-18)13-20-19(23)12-16-7-4-3-5-8-16/h6,9-11,16-17H,3-5,7-8,12-13H2,1-2H3,(H,20,23). The van der Waals surface area contributed by atoms with E-state index in [1.54, 1.807) is 11.3 Å². The van der Waals surface area contributed by atoms with Gasteiger partial charge in [0.1, 0.15) is 6.04 Å². The third-order valence-corrected chi connectivity index (χ3v) is 5.88. The highest BCUT2D eigenvalue weighted by Crippen LogP contribution is 2.27. The highest BCUT2D eigenvalue weighted by molar-refractivity contribution is 7.10. The van der Waals surface area contributed by atoms with E-state index in [0.717, 1.165) is 11.4 Å². The zero-order valence-corrected chi connectivity index (χ0v) is 15.4. The Morgan fingerprint density at radius 2 is 2.17 bits per heavy atom. The van der Waals surface area contributed by atoms with Gasteiger partial charge in [-0.1, -0.05) is 25.3 Å². The summed E-state index contributed by atoms with van der Waals surface area (Å²) in [6.45, 7) is 4.69. The smallest absolute Gasteiger partial charge is 0.220 e. The summed E-state index contributed by atoms with van der Waals surface area (Å²) < 4.78 is 2.04. The maximum absolute atomic E-state index is 12.4. The molecule has 24 heavy (non-hydrogen) atoms. The van der Waals surface area contributed by atoms with Crippen LogP contribution in [-0.2, 0) is 4.79 Å². The lowest BCUT2D eigenvalue weighted by atomic mass is 9.87. The van der Waals surface area contributed by atoms with Gasteiger partial charge >= 0.3 is 0 Å². The predicted octanol–water partition coefficient (Wildman–Crippen LogP) is 4.24. The molecule has 1 atom stereocenters. The van der Waals surface area contributed by atoms with Gasteiger partial charge in [-0.3, -0.25) is 9.48 Å². The Kier molecular flexibility index (Phi) is 5.72. The van der Waals surface area contributed by atoms with Gasteiger partial charge in [0.05, 0.1) is 5.69 Å². The van der Waals surface area contributed by atoms with Crippen molar-refractivity contribution in [3.63, 3.8) is 0 Å². The number of thiophene rings is 1. The van der Waals surface area contributed by atoms with Crippen LogP contribution in [0.2, 0.25) is 0 Å². The first kappa shape index (κ1) is 17.2. The molecule has 2 aromatic heterocycles. The lowest BCUT2D eigenvalue weighted by molar-refractivity contribution is -0.122. The minimum Gasteiger partial charge on any atom is -0.354 e. The van der Waals surface area contributed by atoms with Crippen molar-refractivity contribution < 1.29 is 4.79 Å². The van der Waals surface area contributed by atoms with E-state index in [4.69, 9.17) is 0 Å². The van der Waals surface area contributed by atoms with E-state index in [1.807, 2.05) is 11.6 Å². The minimum atomic E-state index is 0.0778. The average molecular weight is 346 g/mol. The third kappa shape index (κ3) is 4.26. The molecular formula is C19H27N3OS. The number of carbonyl (C=O) groups is 1. The summed E-state index contributed by atoms with van der Waals surface area (Å²) in [6, 6.07) is 6.35. The normalized spacial score (nSPS) is 16.9. The van der Waals surface area contributed by atoms with Crippen LogP contribution in [0.15, 0.2) is 23.6 Å². The van der Waals surface area contributed by atoms with Crippen molar-refractivity contribution in [1.29, 1.82) is 0 Å². The van der Waals surface area contributed by atoms with E-state index in [1.165, 1.54) is 37.0 Å². The van der Waals surface area contributed by atoms with Crippen molar-refractivity contribution in [3.05, 3.63) is 39.8 Å². The second kappa shape index (κ2) is 7.97. The van der Waals surface area contributed by atoms with Crippen LogP contribution in [0.1, 0.15) is 60.8 Å². The molecule has 1 aliphatic carbocycles. The van der Waals surface area contributed by atoms with Crippen LogP contribution in [-0.4, -0.2) is 22.2 Å². The van der Waals surface area contributed by atoms with Crippen LogP contribution in [0.5, 0.6) is 0 Å². The molecular weight excluding hydrogens is 318 g/mol. The quantitative estimate of drug-likeness (QED) is 0.851. The Hall–Kier alpha value is -1.62. The number of amides is 1. The van der Waals surface area contributed by atoms with E-state index in [0.29, 0.717) is 18.9 Å². The summed E-state index contributed by atoms with van der Waals surface area (Å²) in [7, 11) is 0. The molecule has 1 saturated carbocycles. The van der Waals surface area contributed by atoms with E-state index in [2.05, 4.69) is 40.9 Å². The molecule has 0 saturated heterocycles. The van der Waals surface area contributed by atoms with Gasteiger partial charge in [-0.15, -0.1) is 11.3 Å². The van der Waals surface area contributed by atoms with Gasteiger partial charge in [0, 0.05) is 23.5 Å². The highest BCUT2D eigenvalue weighted by atomic mass is 32.1. The lowest BCUT2D eigenvalue weighted by Crippen LogP contribution is -2.33. The zero-order chi connectivity index (χ0) is 16.9. The first-order valence-electron chi connectivity index (χ1n) is 8.96. The van der Waals surface area contributed by atoms with E-state index in [-0.39, 0.29) is 11.9 Å².